The second kappa shape index (κ2) is 8.34. The lowest BCUT2D eigenvalue weighted by Crippen LogP contribution is -2.28. The van der Waals surface area contributed by atoms with E-state index in [1.54, 1.807) is 0 Å². The van der Waals surface area contributed by atoms with Crippen LogP contribution in [-0.2, 0) is 11.3 Å². The van der Waals surface area contributed by atoms with E-state index in [1.165, 1.54) is 23.9 Å². The Balaban J connectivity index is 1.56. The number of nitrogens with zero attached hydrogens (tertiary/aromatic N) is 3. The molecule has 150 valence electrons. The highest BCUT2D eigenvalue weighted by atomic mass is 32.1. The summed E-state index contributed by atoms with van der Waals surface area (Å²) in [7, 11) is 0. The minimum atomic E-state index is -0.778. The third-order valence-corrected chi connectivity index (χ3v) is 5.10. The highest BCUT2D eigenvalue weighted by molar-refractivity contribution is 7.13. The summed E-state index contributed by atoms with van der Waals surface area (Å²) in [6.07, 6.45) is 2.59. The van der Waals surface area contributed by atoms with Crippen molar-refractivity contribution in [3.63, 3.8) is 0 Å². The monoisotopic (exact) mass is 424 g/mol. The maximum absolute atomic E-state index is 13.7. The van der Waals surface area contributed by atoms with Crippen molar-refractivity contribution < 1.29 is 13.6 Å². The Kier molecular flexibility index (Phi) is 5.44. The molecule has 0 bridgehead atoms. The fourth-order valence-electron chi connectivity index (χ4n) is 2.79. The normalized spacial score (nSPS) is 10.7. The highest BCUT2D eigenvalue weighted by Gasteiger charge is 2.15. The van der Waals surface area contributed by atoms with Crippen LogP contribution in [0.3, 0.4) is 0 Å². The first-order valence-corrected chi connectivity index (χ1v) is 9.70. The van der Waals surface area contributed by atoms with Gasteiger partial charge in [0.25, 0.3) is 5.56 Å². The van der Waals surface area contributed by atoms with Gasteiger partial charge in [-0.2, -0.15) is 0 Å². The Labute approximate surface area is 173 Å². The van der Waals surface area contributed by atoms with Crippen molar-refractivity contribution in [1.29, 1.82) is 0 Å². The number of carbonyl (C=O) groups is 1. The first kappa shape index (κ1) is 19.6. The molecule has 0 aliphatic rings. The zero-order chi connectivity index (χ0) is 21.1. The quantitative estimate of drug-likeness (QED) is 0.526. The van der Waals surface area contributed by atoms with Gasteiger partial charge in [-0.1, -0.05) is 30.3 Å². The summed E-state index contributed by atoms with van der Waals surface area (Å²) >= 11 is 1.29. The Bertz CT molecular complexity index is 1270. The molecule has 2 heterocycles. The van der Waals surface area contributed by atoms with Crippen LogP contribution in [0.5, 0.6) is 0 Å². The van der Waals surface area contributed by atoms with Gasteiger partial charge in [0.1, 0.15) is 23.2 Å². The fraction of sp³-hybridized carbons (Fsp3) is 0.0476. The summed E-state index contributed by atoms with van der Waals surface area (Å²) < 4.78 is 28.1. The molecule has 0 fully saturated rings. The molecular weight excluding hydrogens is 410 g/mol. The van der Waals surface area contributed by atoms with E-state index in [9.17, 15) is 18.4 Å². The average molecular weight is 424 g/mol. The minimum absolute atomic E-state index is 0.245. The van der Waals surface area contributed by atoms with Gasteiger partial charge in [-0.15, -0.1) is 11.3 Å². The van der Waals surface area contributed by atoms with Crippen molar-refractivity contribution in [3.05, 3.63) is 88.4 Å². The van der Waals surface area contributed by atoms with Gasteiger partial charge < -0.3 is 5.32 Å². The van der Waals surface area contributed by atoms with Crippen molar-refractivity contribution in [3.8, 4) is 21.8 Å². The zero-order valence-corrected chi connectivity index (χ0v) is 16.2. The van der Waals surface area contributed by atoms with Crippen LogP contribution >= 0.6 is 11.3 Å². The lowest BCUT2D eigenvalue weighted by molar-refractivity contribution is -0.116. The molecule has 30 heavy (non-hydrogen) atoms. The summed E-state index contributed by atoms with van der Waals surface area (Å²) in [6.45, 7) is -0.410. The number of nitrogens with one attached hydrogen (secondary N) is 1. The molecule has 0 saturated carbocycles. The lowest BCUT2D eigenvalue weighted by Gasteiger charge is -2.08. The molecule has 2 aromatic heterocycles. The van der Waals surface area contributed by atoms with Crippen LogP contribution in [0, 0.1) is 11.6 Å². The molecule has 1 N–H and O–H groups in total. The van der Waals surface area contributed by atoms with Crippen LogP contribution in [0.15, 0.2) is 71.2 Å². The number of halogens is 2. The predicted octanol–water partition coefficient (Wildman–Crippen LogP) is 3.95. The average Bonchev–Trinajstić information content (AvgIpc) is 3.23. The van der Waals surface area contributed by atoms with Gasteiger partial charge in [0.2, 0.25) is 5.91 Å². The van der Waals surface area contributed by atoms with Crippen molar-refractivity contribution >= 4 is 22.9 Å². The molecule has 0 aliphatic carbocycles. The first-order valence-electron chi connectivity index (χ1n) is 8.82. The third kappa shape index (κ3) is 4.15. The van der Waals surface area contributed by atoms with Crippen molar-refractivity contribution in [2.45, 2.75) is 6.54 Å². The van der Waals surface area contributed by atoms with E-state index >= 15 is 0 Å². The van der Waals surface area contributed by atoms with Gasteiger partial charge in [-0.05, 0) is 12.1 Å². The van der Waals surface area contributed by atoms with E-state index in [-0.39, 0.29) is 11.3 Å². The third-order valence-electron chi connectivity index (χ3n) is 4.22. The standard InChI is InChI=1S/C21H14F2N4O2S/c22-14-6-7-16(23)17(8-14)25-19(28)10-27-12-24-9-15(21(27)29)20-26-18(11-30-20)13-4-2-1-3-5-13/h1-9,11-12H,10H2,(H,25,28). The molecule has 2 aromatic carbocycles. The van der Waals surface area contributed by atoms with Crippen LogP contribution in [0.25, 0.3) is 21.8 Å². The van der Waals surface area contributed by atoms with E-state index in [2.05, 4.69) is 15.3 Å². The zero-order valence-electron chi connectivity index (χ0n) is 15.4. The van der Waals surface area contributed by atoms with Crippen molar-refractivity contribution in [2.24, 2.45) is 0 Å². The molecule has 0 aliphatic heterocycles. The maximum atomic E-state index is 13.7. The van der Waals surface area contributed by atoms with Gasteiger partial charge in [-0.25, -0.2) is 18.7 Å². The number of benzene rings is 2. The molecule has 6 nitrogen and oxygen atoms in total. The number of hydrogen-bond donors (Lipinski definition) is 1. The van der Waals surface area contributed by atoms with Gasteiger partial charge >= 0.3 is 0 Å². The van der Waals surface area contributed by atoms with E-state index in [1.807, 2.05) is 35.7 Å². The van der Waals surface area contributed by atoms with Gasteiger partial charge in [-0.3, -0.25) is 14.2 Å². The van der Waals surface area contributed by atoms with E-state index in [4.69, 9.17) is 0 Å². The second-order valence-corrected chi connectivity index (χ2v) is 7.17. The number of amides is 1. The van der Waals surface area contributed by atoms with Gasteiger partial charge in [0.05, 0.1) is 23.3 Å². The van der Waals surface area contributed by atoms with Crippen molar-refractivity contribution in [1.82, 2.24) is 14.5 Å². The Morgan fingerprint density at radius 1 is 1.13 bits per heavy atom. The van der Waals surface area contributed by atoms with Crippen LogP contribution < -0.4 is 10.9 Å². The molecule has 4 aromatic rings. The predicted molar refractivity (Wildman–Crippen MR) is 110 cm³/mol. The topological polar surface area (TPSA) is 76.9 Å². The number of aromatic nitrogens is 3. The summed E-state index contributed by atoms with van der Waals surface area (Å²) in [5, 5.41) is 4.56. The lowest BCUT2D eigenvalue weighted by atomic mass is 10.2. The molecule has 0 unspecified atom stereocenters. The molecule has 1 amide bonds. The van der Waals surface area contributed by atoms with Gasteiger partial charge in [0, 0.05) is 23.2 Å². The molecule has 0 radical (unpaired) electrons. The number of thiazole rings is 1. The molecule has 0 spiro atoms. The van der Waals surface area contributed by atoms with E-state index < -0.39 is 29.6 Å². The van der Waals surface area contributed by atoms with Crippen LogP contribution in [0.2, 0.25) is 0 Å². The molecular formula is C21H14F2N4O2S. The van der Waals surface area contributed by atoms with E-state index in [0.29, 0.717) is 5.01 Å². The fourth-order valence-corrected chi connectivity index (χ4v) is 3.62. The number of anilines is 1. The smallest absolute Gasteiger partial charge is 0.264 e. The van der Waals surface area contributed by atoms with E-state index in [0.717, 1.165) is 34.0 Å². The molecule has 0 atom stereocenters. The number of rotatable bonds is 5. The number of carbonyl (C=O) groups excluding carboxylic acids is 1. The Hall–Kier alpha value is -3.72. The Morgan fingerprint density at radius 2 is 1.93 bits per heavy atom. The maximum Gasteiger partial charge on any atom is 0.264 e. The minimum Gasteiger partial charge on any atom is -0.322 e. The SMILES string of the molecule is O=C(Cn1cncc(-c2nc(-c3ccccc3)cs2)c1=O)Nc1cc(F)ccc1F. The molecule has 9 heteroatoms. The number of hydrogen-bond acceptors (Lipinski definition) is 5. The van der Waals surface area contributed by atoms with Gasteiger partial charge in [0.15, 0.2) is 0 Å². The highest BCUT2D eigenvalue weighted by Crippen LogP contribution is 2.26. The summed E-state index contributed by atoms with van der Waals surface area (Å²) in [6, 6.07) is 12.2. The molecule has 4 rings (SSSR count). The summed E-state index contributed by atoms with van der Waals surface area (Å²) in [4.78, 5) is 33.5. The van der Waals surface area contributed by atoms with Crippen LogP contribution in [0.4, 0.5) is 14.5 Å². The van der Waals surface area contributed by atoms with Crippen LogP contribution in [-0.4, -0.2) is 20.4 Å². The Morgan fingerprint density at radius 3 is 2.73 bits per heavy atom. The van der Waals surface area contributed by atoms with Crippen LogP contribution in [0.1, 0.15) is 0 Å². The van der Waals surface area contributed by atoms with Crippen molar-refractivity contribution in [2.75, 3.05) is 5.32 Å². The summed E-state index contributed by atoms with van der Waals surface area (Å²) in [5.74, 6) is -2.16. The largest absolute Gasteiger partial charge is 0.322 e. The first-order chi connectivity index (χ1) is 14.5. The summed E-state index contributed by atoms with van der Waals surface area (Å²) in [5.41, 5.74) is 1.12. The molecule has 0 saturated heterocycles. The second-order valence-electron chi connectivity index (χ2n) is 6.32.